The molecule has 0 saturated heterocycles. The average Bonchev–Trinajstić information content (AvgIpc) is 2.64. The molecule has 0 aliphatic heterocycles. The van der Waals surface area contributed by atoms with Crippen molar-refractivity contribution in [3.63, 3.8) is 0 Å². The lowest BCUT2D eigenvalue weighted by atomic mass is 10.0. The number of amides is 2. The number of likely N-dealkylation sites (N-methyl/N-ethyl adjacent to an activating group) is 1. The molecule has 2 aromatic rings. The molecule has 4 nitrogen and oxygen atoms in total. The number of nitrogens with zero attached hydrogens (tertiary/aromatic N) is 1. The molecule has 132 valence electrons. The van der Waals surface area contributed by atoms with Crippen LogP contribution in [0.2, 0.25) is 5.02 Å². The maximum Gasteiger partial charge on any atom is 0.242 e. The first-order valence-corrected chi connectivity index (χ1v) is 8.72. The minimum Gasteiger partial charge on any atom is -0.357 e. The Morgan fingerprint density at radius 1 is 1.08 bits per heavy atom. The highest BCUT2D eigenvalue weighted by Gasteiger charge is 2.28. The number of halogens is 1. The summed E-state index contributed by atoms with van der Waals surface area (Å²) in [5, 5.41) is 3.30. The fourth-order valence-electron chi connectivity index (χ4n) is 2.76. The number of benzene rings is 2. The Hall–Kier alpha value is -2.33. The molecular weight excluding hydrogens is 336 g/mol. The van der Waals surface area contributed by atoms with Crippen LogP contribution in [-0.2, 0) is 22.6 Å². The Morgan fingerprint density at radius 2 is 1.76 bits per heavy atom. The fraction of sp³-hybridized carbons (Fsp3) is 0.300. The maximum absolute atomic E-state index is 12.6. The molecule has 1 atom stereocenters. The van der Waals surface area contributed by atoms with E-state index in [4.69, 9.17) is 11.6 Å². The molecule has 1 unspecified atom stereocenters. The average molecular weight is 359 g/mol. The van der Waals surface area contributed by atoms with E-state index in [0.717, 1.165) is 11.1 Å². The SMILES string of the molecule is CCC(=O)N(Cc1cccc(Cl)c1)C(Cc1ccccc1)C(=O)NC. The van der Waals surface area contributed by atoms with Gasteiger partial charge >= 0.3 is 0 Å². The standard InChI is InChI=1S/C20H23ClN2O2/c1-3-19(24)23(14-16-10-7-11-17(21)12-16)18(20(25)22-2)13-15-8-5-4-6-9-15/h4-12,18H,3,13-14H2,1-2H3,(H,22,25). The predicted molar refractivity (Wildman–Crippen MR) is 100 cm³/mol. The van der Waals surface area contributed by atoms with Gasteiger partial charge < -0.3 is 10.2 Å². The highest BCUT2D eigenvalue weighted by molar-refractivity contribution is 6.30. The van der Waals surface area contributed by atoms with Gasteiger partial charge in [-0.2, -0.15) is 0 Å². The quantitative estimate of drug-likeness (QED) is 0.824. The van der Waals surface area contributed by atoms with Gasteiger partial charge in [0.15, 0.2) is 0 Å². The van der Waals surface area contributed by atoms with Crippen molar-refractivity contribution in [1.82, 2.24) is 10.2 Å². The lowest BCUT2D eigenvalue weighted by Gasteiger charge is -2.31. The van der Waals surface area contributed by atoms with Crippen LogP contribution >= 0.6 is 11.6 Å². The summed E-state index contributed by atoms with van der Waals surface area (Å²) in [5.74, 6) is -0.239. The summed E-state index contributed by atoms with van der Waals surface area (Å²) in [7, 11) is 1.59. The maximum atomic E-state index is 12.6. The third kappa shape index (κ3) is 5.33. The van der Waals surface area contributed by atoms with Crippen molar-refractivity contribution < 1.29 is 9.59 Å². The second-order valence-electron chi connectivity index (χ2n) is 5.82. The molecule has 1 N–H and O–H groups in total. The third-order valence-electron chi connectivity index (χ3n) is 4.06. The van der Waals surface area contributed by atoms with Crippen molar-refractivity contribution >= 4 is 23.4 Å². The first-order chi connectivity index (χ1) is 12.0. The third-order valence-corrected chi connectivity index (χ3v) is 4.30. The molecule has 0 radical (unpaired) electrons. The number of carbonyl (C=O) groups excluding carboxylic acids is 2. The highest BCUT2D eigenvalue weighted by Crippen LogP contribution is 2.17. The van der Waals surface area contributed by atoms with E-state index in [2.05, 4.69) is 5.32 Å². The van der Waals surface area contributed by atoms with Gasteiger partial charge in [-0.05, 0) is 23.3 Å². The lowest BCUT2D eigenvalue weighted by molar-refractivity contribution is -0.140. The van der Waals surface area contributed by atoms with Crippen LogP contribution in [0, 0.1) is 0 Å². The number of rotatable bonds is 7. The van der Waals surface area contributed by atoms with Crippen LogP contribution in [0.1, 0.15) is 24.5 Å². The van der Waals surface area contributed by atoms with Crippen molar-refractivity contribution in [2.24, 2.45) is 0 Å². The van der Waals surface area contributed by atoms with E-state index in [1.54, 1.807) is 24.9 Å². The largest absolute Gasteiger partial charge is 0.357 e. The first kappa shape index (κ1) is 19.0. The summed E-state index contributed by atoms with van der Waals surface area (Å²) < 4.78 is 0. The number of carbonyl (C=O) groups is 2. The van der Waals surface area contributed by atoms with Gasteiger partial charge in [-0.1, -0.05) is 61.0 Å². The zero-order chi connectivity index (χ0) is 18.2. The summed E-state index contributed by atoms with van der Waals surface area (Å²) >= 11 is 6.06. The van der Waals surface area contributed by atoms with Gasteiger partial charge in [-0.25, -0.2) is 0 Å². The van der Waals surface area contributed by atoms with E-state index >= 15 is 0 Å². The normalized spacial score (nSPS) is 11.6. The van der Waals surface area contributed by atoms with E-state index in [1.807, 2.05) is 48.5 Å². The zero-order valence-electron chi connectivity index (χ0n) is 14.5. The van der Waals surface area contributed by atoms with Crippen molar-refractivity contribution in [3.05, 3.63) is 70.7 Å². The van der Waals surface area contributed by atoms with Crippen molar-refractivity contribution in [1.29, 1.82) is 0 Å². The molecule has 25 heavy (non-hydrogen) atoms. The smallest absolute Gasteiger partial charge is 0.242 e. The molecule has 0 aliphatic rings. The monoisotopic (exact) mass is 358 g/mol. The molecule has 0 fully saturated rings. The van der Waals surface area contributed by atoms with Crippen LogP contribution in [0.15, 0.2) is 54.6 Å². The summed E-state index contributed by atoms with van der Waals surface area (Å²) in [6.07, 6.45) is 0.801. The van der Waals surface area contributed by atoms with E-state index in [0.29, 0.717) is 24.4 Å². The predicted octanol–water partition coefficient (Wildman–Crippen LogP) is 3.44. The minimum absolute atomic E-state index is 0.0653. The van der Waals surface area contributed by atoms with Gasteiger partial charge in [0.25, 0.3) is 0 Å². The molecule has 2 aromatic carbocycles. The number of hydrogen-bond donors (Lipinski definition) is 1. The fourth-order valence-corrected chi connectivity index (χ4v) is 2.97. The topological polar surface area (TPSA) is 49.4 Å². The van der Waals surface area contributed by atoms with E-state index in [-0.39, 0.29) is 11.8 Å². The Morgan fingerprint density at radius 3 is 2.36 bits per heavy atom. The van der Waals surface area contributed by atoms with Gasteiger partial charge in [-0.3, -0.25) is 9.59 Å². The molecule has 0 bridgehead atoms. The number of nitrogens with one attached hydrogen (secondary N) is 1. The summed E-state index contributed by atoms with van der Waals surface area (Å²) in [4.78, 5) is 26.7. The summed E-state index contributed by atoms with van der Waals surface area (Å²) in [5.41, 5.74) is 1.91. The van der Waals surface area contributed by atoms with Crippen molar-refractivity contribution in [3.8, 4) is 0 Å². The van der Waals surface area contributed by atoms with E-state index in [9.17, 15) is 9.59 Å². The van der Waals surface area contributed by atoms with Crippen molar-refractivity contribution in [2.75, 3.05) is 7.05 Å². The van der Waals surface area contributed by atoms with Crippen LogP contribution in [0.4, 0.5) is 0 Å². The Balaban J connectivity index is 2.32. The van der Waals surface area contributed by atoms with Crippen LogP contribution in [0.5, 0.6) is 0 Å². The molecule has 0 heterocycles. The molecule has 0 spiro atoms. The van der Waals surface area contributed by atoms with Gasteiger partial charge in [0.05, 0.1) is 0 Å². The van der Waals surface area contributed by atoms with E-state index < -0.39 is 6.04 Å². The first-order valence-electron chi connectivity index (χ1n) is 8.34. The second kappa shape index (κ2) is 9.23. The summed E-state index contributed by atoms with van der Waals surface area (Å²) in [6, 6.07) is 16.5. The molecule has 2 amide bonds. The second-order valence-corrected chi connectivity index (χ2v) is 6.26. The Bertz CT molecular complexity index is 719. The number of hydrogen-bond acceptors (Lipinski definition) is 2. The molecule has 0 aromatic heterocycles. The zero-order valence-corrected chi connectivity index (χ0v) is 15.3. The molecule has 5 heteroatoms. The molecule has 2 rings (SSSR count). The Labute approximate surface area is 153 Å². The summed E-state index contributed by atoms with van der Waals surface area (Å²) in [6.45, 7) is 2.15. The Kier molecular flexibility index (Phi) is 7.02. The highest BCUT2D eigenvalue weighted by atomic mass is 35.5. The van der Waals surface area contributed by atoms with E-state index in [1.165, 1.54) is 0 Å². The van der Waals surface area contributed by atoms with Crippen LogP contribution in [0.3, 0.4) is 0 Å². The van der Waals surface area contributed by atoms with Crippen LogP contribution in [0.25, 0.3) is 0 Å². The van der Waals surface area contributed by atoms with Gasteiger partial charge in [0, 0.05) is 31.5 Å². The van der Waals surface area contributed by atoms with Crippen molar-refractivity contribution in [2.45, 2.75) is 32.4 Å². The molecule has 0 saturated carbocycles. The molecule has 0 aliphatic carbocycles. The molecular formula is C20H23ClN2O2. The minimum atomic E-state index is -0.571. The van der Waals surface area contributed by atoms with Gasteiger partial charge in [0.1, 0.15) is 6.04 Å². The van der Waals surface area contributed by atoms with Crippen LogP contribution in [-0.4, -0.2) is 29.8 Å². The van der Waals surface area contributed by atoms with Crippen LogP contribution < -0.4 is 5.32 Å². The van der Waals surface area contributed by atoms with Gasteiger partial charge in [-0.15, -0.1) is 0 Å². The van der Waals surface area contributed by atoms with Gasteiger partial charge in [0.2, 0.25) is 11.8 Å². The lowest BCUT2D eigenvalue weighted by Crippen LogP contribution is -2.49.